The van der Waals surface area contributed by atoms with Crippen LogP contribution in [0.25, 0.3) is 10.8 Å². The summed E-state index contributed by atoms with van der Waals surface area (Å²) in [5, 5.41) is 16.5. The predicted molar refractivity (Wildman–Crippen MR) is 157 cm³/mol. The number of nitrogens with one attached hydrogen (secondary N) is 1. The maximum Gasteiger partial charge on any atom is 0.225 e. The van der Waals surface area contributed by atoms with E-state index in [1.165, 1.54) is 0 Å². The van der Waals surface area contributed by atoms with Crippen molar-refractivity contribution < 1.29 is 19.4 Å². The molecule has 39 heavy (non-hydrogen) atoms. The third-order valence-corrected chi connectivity index (χ3v) is 7.75. The van der Waals surface area contributed by atoms with E-state index in [-0.39, 0.29) is 17.8 Å². The Labute approximate surface area is 232 Å². The molecule has 0 radical (unpaired) electrons. The van der Waals surface area contributed by atoms with Crippen LogP contribution in [0.3, 0.4) is 0 Å². The molecule has 0 unspecified atom stereocenters. The molecule has 1 aliphatic heterocycles. The lowest BCUT2D eigenvalue weighted by atomic mass is 9.95. The van der Waals surface area contributed by atoms with E-state index in [1.54, 1.807) is 14.2 Å². The zero-order valence-electron chi connectivity index (χ0n) is 24.3. The summed E-state index contributed by atoms with van der Waals surface area (Å²) >= 11 is 0. The highest BCUT2D eigenvalue weighted by molar-refractivity contribution is 5.98. The molecule has 1 fully saturated rings. The van der Waals surface area contributed by atoms with Gasteiger partial charge in [0.15, 0.2) is 17.4 Å². The standard InChI is InChI=1S/C31H44N4O4/c1-7-33-16-18-34(19-17-33)26-11-8-10-23-24(26)21-35(29(23)36)25(12-9-15-32-30(37)31(2,3)4)22-13-14-27(38-5)28(20-22)39-6/h8,10-11,13-14,20-21,25,36H,7,9,12,15-19H2,1-6H3,(H,32,37)/t25-/m1/s1. The molecule has 3 aromatic rings. The van der Waals surface area contributed by atoms with E-state index < -0.39 is 5.41 Å². The highest BCUT2D eigenvalue weighted by Crippen LogP contribution is 2.40. The average Bonchev–Trinajstić information content (AvgIpc) is 3.28. The number of aromatic nitrogens is 1. The van der Waals surface area contributed by atoms with E-state index in [0.717, 1.165) is 67.6 Å². The van der Waals surface area contributed by atoms with Crippen LogP contribution in [0.15, 0.2) is 42.6 Å². The number of hydrogen-bond acceptors (Lipinski definition) is 6. The molecule has 2 heterocycles. The number of rotatable bonds is 10. The van der Waals surface area contributed by atoms with Gasteiger partial charge in [0.05, 0.1) is 20.3 Å². The fourth-order valence-electron chi connectivity index (χ4n) is 5.33. The maximum atomic E-state index is 12.4. The van der Waals surface area contributed by atoms with Crippen molar-refractivity contribution in [1.29, 1.82) is 0 Å². The second-order valence-electron chi connectivity index (χ2n) is 11.3. The summed E-state index contributed by atoms with van der Waals surface area (Å²) < 4.78 is 13.0. The van der Waals surface area contributed by atoms with Crippen LogP contribution in [0.4, 0.5) is 5.69 Å². The Kier molecular flexibility index (Phi) is 8.95. The Morgan fingerprint density at radius 1 is 1.03 bits per heavy atom. The second-order valence-corrected chi connectivity index (χ2v) is 11.3. The number of nitrogens with zero attached hydrogens (tertiary/aromatic N) is 3. The minimum atomic E-state index is -0.432. The van der Waals surface area contributed by atoms with E-state index >= 15 is 0 Å². The number of benzene rings is 2. The van der Waals surface area contributed by atoms with Crippen LogP contribution in [-0.4, -0.2) is 74.0 Å². The van der Waals surface area contributed by atoms with Gasteiger partial charge in [0.1, 0.15) is 0 Å². The summed E-state index contributed by atoms with van der Waals surface area (Å²) in [5.74, 6) is 1.59. The summed E-state index contributed by atoms with van der Waals surface area (Å²) in [6.45, 7) is 13.6. The second kappa shape index (κ2) is 12.2. The lowest BCUT2D eigenvalue weighted by molar-refractivity contribution is -0.128. The summed E-state index contributed by atoms with van der Waals surface area (Å²) in [6, 6.07) is 11.9. The van der Waals surface area contributed by atoms with Crippen molar-refractivity contribution in [3.8, 4) is 17.4 Å². The summed E-state index contributed by atoms with van der Waals surface area (Å²) in [7, 11) is 3.25. The van der Waals surface area contributed by atoms with Crippen molar-refractivity contribution in [2.24, 2.45) is 5.41 Å². The topological polar surface area (TPSA) is 79.2 Å². The number of aromatic hydroxyl groups is 1. The number of hydrogen-bond donors (Lipinski definition) is 2. The van der Waals surface area contributed by atoms with Crippen molar-refractivity contribution in [3.05, 3.63) is 48.2 Å². The van der Waals surface area contributed by atoms with Gasteiger partial charge in [-0.2, -0.15) is 0 Å². The molecule has 2 aromatic carbocycles. The van der Waals surface area contributed by atoms with Gasteiger partial charge in [-0.05, 0) is 49.2 Å². The van der Waals surface area contributed by atoms with E-state index in [2.05, 4.69) is 34.3 Å². The third kappa shape index (κ3) is 6.27. The van der Waals surface area contributed by atoms with E-state index in [4.69, 9.17) is 9.47 Å². The molecule has 2 N–H and O–H groups in total. The van der Waals surface area contributed by atoms with Gasteiger partial charge in [0, 0.05) is 60.8 Å². The molecule has 0 saturated carbocycles. The summed E-state index contributed by atoms with van der Waals surface area (Å²) in [5.41, 5.74) is 1.72. The van der Waals surface area contributed by atoms with Crippen molar-refractivity contribution in [1.82, 2.24) is 14.8 Å². The molecular formula is C31H44N4O4. The third-order valence-electron chi connectivity index (χ3n) is 7.75. The lowest BCUT2D eigenvalue weighted by Gasteiger charge is -2.35. The number of fused-ring (bicyclic) bond motifs is 1. The fraction of sp³-hybridized carbons (Fsp3) is 0.516. The fourth-order valence-corrected chi connectivity index (χ4v) is 5.33. The Bertz CT molecular complexity index is 1270. The van der Waals surface area contributed by atoms with Gasteiger partial charge >= 0.3 is 0 Å². The molecule has 8 nitrogen and oxygen atoms in total. The molecule has 0 aliphatic carbocycles. The lowest BCUT2D eigenvalue weighted by Crippen LogP contribution is -2.46. The van der Waals surface area contributed by atoms with Crippen molar-refractivity contribution in [2.75, 3.05) is 58.4 Å². The number of carbonyl (C=O) groups is 1. The maximum absolute atomic E-state index is 12.4. The summed E-state index contributed by atoms with van der Waals surface area (Å²) in [6.07, 6.45) is 3.56. The number of piperazine rings is 1. The smallest absolute Gasteiger partial charge is 0.225 e. The zero-order valence-corrected chi connectivity index (χ0v) is 24.3. The minimum Gasteiger partial charge on any atom is -0.494 e. The Balaban J connectivity index is 1.68. The number of amides is 1. The largest absolute Gasteiger partial charge is 0.494 e. The van der Waals surface area contributed by atoms with Gasteiger partial charge in [-0.15, -0.1) is 0 Å². The van der Waals surface area contributed by atoms with Gasteiger partial charge in [-0.1, -0.05) is 39.8 Å². The number of anilines is 1. The van der Waals surface area contributed by atoms with E-state index in [1.807, 2.05) is 55.7 Å². The Hall–Kier alpha value is -3.39. The number of carbonyl (C=O) groups excluding carboxylic acids is 1. The first-order chi connectivity index (χ1) is 18.7. The predicted octanol–water partition coefficient (Wildman–Crippen LogP) is 5.04. The molecule has 4 rings (SSSR count). The molecule has 1 aromatic heterocycles. The normalized spacial score (nSPS) is 15.4. The first kappa shape index (κ1) is 28.6. The van der Waals surface area contributed by atoms with Gasteiger partial charge in [0.2, 0.25) is 5.91 Å². The Morgan fingerprint density at radius 2 is 1.74 bits per heavy atom. The Morgan fingerprint density at radius 3 is 2.38 bits per heavy atom. The first-order valence-corrected chi connectivity index (χ1v) is 14.0. The van der Waals surface area contributed by atoms with Gasteiger partial charge in [-0.25, -0.2) is 0 Å². The highest BCUT2D eigenvalue weighted by Gasteiger charge is 2.25. The molecule has 8 heteroatoms. The molecule has 0 spiro atoms. The SMILES string of the molecule is CCN1CCN(c2cccc3c(O)n([C@H](CCCNC(=O)C(C)(C)C)c4ccc(OC)c(OC)c4)cc23)CC1. The molecule has 212 valence electrons. The molecule has 1 saturated heterocycles. The van der Waals surface area contributed by atoms with Crippen LogP contribution in [0, 0.1) is 5.41 Å². The van der Waals surface area contributed by atoms with Gasteiger partial charge < -0.3 is 34.3 Å². The monoisotopic (exact) mass is 536 g/mol. The molecule has 1 atom stereocenters. The van der Waals surface area contributed by atoms with Crippen LogP contribution in [0.5, 0.6) is 17.4 Å². The number of methoxy groups -OCH3 is 2. The van der Waals surface area contributed by atoms with Gasteiger partial charge in [-0.3, -0.25) is 4.79 Å². The van der Waals surface area contributed by atoms with Crippen molar-refractivity contribution in [3.63, 3.8) is 0 Å². The highest BCUT2D eigenvalue weighted by atomic mass is 16.5. The van der Waals surface area contributed by atoms with Crippen LogP contribution in [-0.2, 0) is 4.79 Å². The molecular weight excluding hydrogens is 492 g/mol. The van der Waals surface area contributed by atoms with Crippen molar-refractivity contribution in [2.45, 2.75) is 46.6 Å². The number of likely N-dealkylation sites (N-methyl/N-ethyl adjacent to an activating group) is 1. The number of ether oxygens (including phenoxy) is 2. The first-order valence-electron chi connectivity index (χ1n) is 14.0. The minimum absolute atomic E-state index is 0.0347. The molecule has 1 amide bonds. The average molecular weight is 537 g/mol. The molecule has 1 aliphatic rings. The van der Waals surface area contributed by atoms with E-state index in [0.29, 0.717) is 18.0 Å². The van der Waals surface area contributed by atoms with Gasteiger partial charge in [0.25, 0.3) is 0 Å². The quantitative estimate of drug-likeness (QED) is 0.354. The van der Waals surface area contributed by atoms with Crippen LogP contribution in [0.2, 0.25) is 0 Å². The van der Waals surface area contributed by atoms with Crippen LogP contribution in [0.1, 0.15) is 52.1 Å². The van der Waals surface area contributed by atoms with Crippen LogP contribution < -0.4 is 19.7 Å². The zero-order chi connectivity index (χ0) is 28.2. The molecule has 0 bridgehead atoms. The summed E-state index contributed by atoms with van der Waals surface area (Å²) in [4.78, 5) is 17.3. The van der Waals surface area contributed by atoms with Crippen molar-refractivity contribution >= 4 is 22.4 Å². The van der Waals surface area contributed by atoms with Crippen LogP contribution >= 0.6 is 0 Å². The van der Waals surface area contributed by atoms with E-state index in [9.17, 15) is 9.90 Å².